The van der Waals surface area contributed by atoms with Crippen LogP contribution < -0.4 is 5.32 Å². The molecule has 19 heavy (non-hydrogen) atoms. The van der Waals surface area contributed by atoms with Crippen molar-refractivity contribution in [3.05, 3.63) is 35.4 Å². The summed E-state index contributed by atoms with van der Waals surface area (Å²) in [5, 5.41) is 3.35. The Morgan fingerprint density at radius 3 is 2.58 bits per heavy atom. The Morgan fingerprint density at radius 1 is 1.21 bits per heavy atom. The molecular weight excluding hydrogens is 246 g/mol. The van der Waals surface area contributed by atoms with E-state index < -0.39 is 11.6 Å². The van der Waals surface area contributed by atoms with Gasteiger partial charge in [0.2, 0.25) is 0 Å². The number of likely N-dealkylation sites (tertiary alicyclic amines) is 1. The molecule has 0 amide bonds. The SMILES string of the molecule is CC[C@H](CNCc1ccc(F)c(F)c1)N1CCCC1. The first-order valence-corrected chi connectivity index (χ1v) is 7.09. The van der Waals surface area contributed by atoms with Gasteiger partial charge in [-0.05, 0) is 50.0 Å². The summed E-state index contributed by atoms with van der Waals surface area (Å²) in [5.74, 6) is -1.56. The first kappa shape index (κ1) is 14.4. The smallest absolute Gasteiger partial charge is 0.159 e. The van der Waals surface area contributed by atoms with E-state index in [1.807, 2.05) is 0 Å². The lowest BCUT2D eigenvalue weighted by Crippen LogP contribution is -2.40. The molecule has 0 unspecified atom stereocenters. The van der Waals surface area contributed by atoms with Crippen molar-refractivity contribution in [3.8, 4) is 0 Å². The molecule has 0 bridgehead atoms. The Morgan fingerprint density at radius 2 is 1.95 bits per heavy atom. The summed E-state index contributed by atoms with van der Waals surface area (Å²) in [7, 11) is 0. The summed E-state index contributed by atoms with van der Waals surface area (Å²) < 4.78 is 25.9. The zero-order chi connectivity index (χ0) is 13.7. The maximum atomic E-state index is 13.1. The normalized spacial score (nSPS) is 17.8. The van der Waals surface area contributed by atoms with Gasteiger partial charge < -0.3 is 5.32 Å². The maximum Gasteiger partial charge on any atom is 0.159 e. The van der Waals surface area contributed by atoms with Gasteiger partial charge in [-0.25, -0.2) is 8.78 Å². The van der Waals surface area contributed by atoms with Crippen LogP contribution in [0.15, 0.2) is 18.2 Å². The van der Waals surface area contributed by atoms with Crippen LogP contribution in [0.5, 0.6) is 0 Å². The van der Waals surface area contributed by atoms with Crippen molar-refractivity contribution in [2.75, 3.05) is 19.6 Å². The molecule has 0 saturated carbocycles. The highest BCUT2D eigenvalue weighted by Gasteiger charge is 2.19. The molecule has 1 aliphatic rings. The second-order valence-electron chi connectivity index (χ2n) is 5.18. The van der Waals surface area contributed by atoms with E-state index in [-0.39, 0.29) is 0 Å². The lowest BCUT2D eigenvalue weighted by molar-refractivity contribution is 0.229. The predicted octanol–water partition coefficient (Wildman–Crippen LogP) is 2.93. The average molecular weight is 268 g/mol. The van der Waals surface area contributed by atoms with Crippen molar-refractivity contribution in [3.63, 3.8) is 0 Å². The van der Waals surface area contributed by atoms with E-state index in [9.17, 15) is 8.78 Å². The Kier molecular flexibility index (Phi) is 5.28. The third-order valence-corrected chi connectivity index (χ3v) is 3.82. The van der Waals surface area contributed by atoms with Gasteiger partial charge in [0, 0.05) is 19.1 Å². The molecule has 0 aromatic heterocycles. The van der Waals surface area contributed by atoms with Gasteiger partial charge in [0.15, 0.2) is 11.6 Å². The molecule has 0 radical (unpaired) electrons. The van der Waals surface area contributed by atoms with Gasteiger partial charge in [-0.3, -0.25) is 4.90 Å². The second-order valence-corrected chi connectivity index (χ2v) is 5.18. The van der Waals surface area contributed by atoms with E-state index in [0.29, 0.717) is 12.6 Å². The molecule has 1 fully saturated rings. The van der Waals surface area contributed by atoms with Crippen LogP contribution in [0.2, 0.25) is 0 Å². The minimum atomic E-state index is -0.785. The van der Waals surface area contributed by atoms with Crippen LogP contribution in [0.4, 0.5) is 8.78 Å². The van der Waals surface area contributed by atoms with Gasteiger partial charge in [0.05, 0.1) is 0 Å². The monoisotopic (exact) mass is 268 g/mol. The standard InChI is InChI=1S/C15H22F2N2/c1-2-13(19-7-3-4-8-19)11-18-10-12-5-6-14(16)15(17)9-12/h5-6,9,13,18H,2-4,7-8,10-11H2,1H3/t13-/m1/s1. The Balaban J connectivity index is 1.79. The summed E-state index contributed by atoms with van der Waals surface area (Å²) in [6.07, 6.45) is 3.70. The van der Waals surface area contributed by atoms with Crippen LogP contribution >= 0.6 is 0 Å². The minimum Gasteiger partial charge on any atom is -0.311 e. The third kappa shape index (κ3) is 3.98. The number of nitrogens with zero attached hydrogens (tertiary/aromatic N) is 1. The molecule has 1 aromatic rings. The van der Waals surface area contributed by atoms with Crippen molar-refractivity contribution in [1.82, 2.24) is 10.2 Å². The van der Waals surface area contributed by atoms with Gasteiger partial charge in [-0.1, -0.05) is 13.0 Å². The summed E-state index contributed by atoms with van der Waals surface area (Å²) in [6.45, 7) is 6.05. The fourth-order valence-electron chi connectivity index (χ4n) is 2.67. The first-order valence-electron chi connectivity index (χ1n) is 7.09. The highest BCUT2D eigenvalue weighted by molar-refractivity contribution is 5.17. The fourth-order valence-corrected chi connectivity index (χ4v) is 2.67. The van der Waals surface area contributed by atoms with E-state index in [1.54, 1.807) is 6.07 Å². The van der Waals surface area contributed by atoms with Crippen molar-refractivity contribution in [2.24, 2.45) is 0 Å². The van der Waals surface area contributed by atoms with E-state index in [4.69, 9.17) is 0 Å². The molecule has 0 aliphatic carbocycles. The molecule has 1 aromatic carbocycles. The average Bonchev–Trinajstić information content (AvgIpc) is 2.92. The Labute approximate surface area is 113 Å². The van der Waals surface area contributed by atoms with Crippen LogP contribution in [0.3, 0.4) is 0 Å². The molecule has 2 nitrogen and oxygen atoms in total. The summed E-state index contributed by atoms with van der Waals surface area (Å²) in [5.41, 5.74) is 0.787. The number of benzene rings is 1. The zero-order valence-corrected chi connectivity index (χ0v) is 11.5. The first-order chi connectivity index (χ1) is 9.20. The largest absolute Gasteiger partial charge is 0.311 e. The van der Waals surface area contributed by atoms with E-state index >= 15 is 0 Å². The molecule has 1 aliphatic heterocycles. The Hall–Kier alpha value is -1.00. The van der Waals surface area contributed by atoms with Crippen LogP contribution in [0, 0.1) is 11.6 Å². The molecule has 4 heteroatoms. The van der Waals surface area contributed by atoms with Crippen LogP contribution in [-0.2, 0) is 6.54 Å². The highest BCUT2D eigenvalue weighted by Crippen LogP contribution is 2.14. The summed E-state index contributed by atoms with van der Waals surface area (Å²) >= 11 is 0. The van der Waals surface area contributed by atoms with Gasteiger partial charge in [0.1, 0.15) is 0 Å². The zero-order valence-electron chi connectivity index (χ0n) is 11.5. The van der Waals surface area contributed by atoms with Crippen LogP contribution in [0.1, 0.15) is 31.7 Å². The van der Waals surface area contributed by atoms with E-state index in [2.05, 4.69) is 17.1 Å². The number of halogens is 2. The van der Waals surface area contributed by atoms with Crippen LogP contribution in [0.25, 0.3) is 0 Å². The summed E-state index contributed by atoms with van der Waals surface area (Å²) in [4.78, 5) is 2.51. The maximum absolute atomic E-state index is 13.1. The molecule has 1 saturated heterocycles. The van der Waals surface area contributed by atoms with Crippen molar-refractivity contribution >= 4 is 0 Å². The van der Waals surface area contributed by atoms with E-state index in [1.165, 1.54) is 38.1 Å². The lowest BCUT2D eigenvalue weighted by atomic mass is 10.1. The lowest BCUT2D eigenvalue weighted by Gasteiger charge is -2.26. The van der Waals surface area contributed by atoms with Gasteiger partial charge in [-0.15, -0.1) is 0 Å². The van der Waals surface area contributed by atoms with Crippen LogP contribution in [-0.4, -0.2) is 30.6 Å². The topological polar surface area (TPSA) is 15.3 Å². The number of hydrogen-bond acceptors (Lipinski definition) is 2. The van der Waals surface area contributed by atoms with Crippen molar-refractivity contribution < 1.29 is 8.78 Å². The second kappa shape index (κ2) is 6.96. The number of hydrogen-bond donors (Lipinski definition) is 1. The molecule has 106 valence electrons. The Bertz CT molecular complexity index is 403. The quantitative estimate of drug-likeness (QED) is 0.853. The molecule has 1 heterocycles. The van der Waals surface area contributed by atoms with Gasteiger partial charge in [0.25, 0.3) is 0 Å². The number of nitrogens with one attached hydrogen (secondary N) is 1. The van der Waals surface area contributed by atoms with Crippen molar-refractivity contribution in [1.29, 1.82) is 0 Å². The molecule has 2 rings (SSSR count). The highest BCUT2D eigenvalue weighted by atomic mass is 19.2. The number of rotatable bonds is 6. The molecular formula is C15H22F2N2. The molecule has 1 N–H and O–H groups in total. The van der Waals surface area contributed by atoms with Crippen molar-refractivity contribution in [2.45, 2.75) is 38.8 Å². The third-order valence-electron chi connectivity index (χ3n) is 3.82. The molecule has 1 atom stereocenters. The predicted molar refractivity (Wildman–Crippen MR) is 73.0 cm³/mol. The fraction of sp³-hybridized carbons (Fsp3) is 0.600. The van der Waals surface area contributed by atoms with Gasteiger partial charge >= 0.3 is 0 Å². The minimum absolute atomic E-state index is 0.549. The van der Waals surface area contributed by atoms with Gasteiger partial charge in [-0.2, -0.15) is 0 Å². The van der Waals surface area contributed by atoms with E-state index in [0.717, 1.165) is 18.5 Å². The molecule has 0 spiro atoms. The summed E-state index contributed by atoms with van der Waals surface area (Å²) in [6, 6.07) is 4.62.